The summed E-state index contributed by atoms with van der Waals surface area (Å²) in [5.74, 6) is 0.780. The van der Waals surface area contributed by atoms with Gasteiger partial charge in [0.05, 0.1) is 5.56 Å². The Hall–Kier alpha value is -3.33. The first-order valence-electron chi connectivity index (χ1n) is 10.2. The minimum atomic E-state index is -0.238. The zero-order valence-corrected chi connectivity index (χ0v) is 17.8. The highest BCUT2D eigenvalue weighted by Crippen LogP contribution is 2.26. The third-order valence-electron chi connectivity index (χ3n) is 5.25. The van der Waals surface area contributed by atoms with Gasteiger partial charge in [-0.3, -0.25) is 9.78 Å². The van der Waals surface area contributed by atoms with Crippen LogP contribution in [0.2, 0.25) is 0 Å². The van der Waals surface area contributed by atoms with Crippen LogP contribution in [-0.2, 0) is 11.3 Å². The molecule has 1 aliphatic rings. The van der Waals surface area contributed by atoms with Crippen LogP contribution in [0.1, 0.15) is 45.9 Å². The molecule has 0 bridgehead atoms. The smallest absolute Gasteiger partial charge is 0.272 e. The van der Waals surface area contributed by atoms with Crippen LogP contribution in [0.4, 0.5) is 0 Å². The van der Waals surface area contributed by atoms with Gasteiger partial charge >= 0.3 is 0 Å². The molecule has 9 heteroatoms. The van der Waals surface area contributed by atoms with Crippen molar-refractivity contribution in [2.24, 2.45) is 0 Å². The Kier molecular flexibility index (Phi) is 6.22. The standard InChI is InChI=1S/C22H25N5O4/c1-13-10-19(21(28)24-17-6-8-29-9-7-17)25-26-22(13)30-12-18-15(3)31-27-20(18)16-5-4-14(2)23-11-16/h4-5,10-11,17H,6-9,12H2,1-3H3,(H,24,28). The number of carbonyl (C=O) groups is 1. The lowest BCUT2D eigenvalue weighted by atomic mass is 10.1. The molecule has 0 radical (unpaired) electrons. The molecular formula is C22H25N5O4. The summed E-state index contributed by atoms with van der Waals surface area (Å²) < 4.78 is 16.6. The molecule has 4 heterocycles. The molecule has 1 amide bonds. The largest absolute Gasteiger partial charge is 0.471 e. The first kappa shape index (κ1) is 20.9. The number of aromatic nitrogens is 4. The molecule has 9 nitrogen and oxygen atoms in total. The highest BCUT2D eigenvalue weighted by atomic mass is 16.5. The number of amides is 1. The van der Waals surface area contributed by atoms with Gasteiger partial charge in [-0.25, -0.2) is 0 Å². The van der Waals surface area contributed by atoms with E-state index in [1.54, 1.807) is 12.3 Å². The first-order valence-corrected chi connectivity index (χ1v) is 10.2. The Labute approximate surface area is 180 Å². The van der Waals surface area contributed by atoms with Crippen LogP contribution < -0.4 is 10.1 Å². The van der Waals surface area contributed by atoms with Crippen molar-refractivity contribution < 1.29 is 18.8 Å². The SMILES string of the molecule is Cc1ccc(-c2noc(C)c2COc2nnc(C(=O)NC3CCOCC3)cc2C)cn1. The maximum absolute atomic E-state index is 12.5. The Morgan fingerprint density at radius 3 is 2.71 bits per heavy atom. The van der Waals surface area contributed by atoms with Crippen LogP contribution in [0, 0.1) is 20.8 Å². The number of nitrogens with zero attached hydrogens (tertiary/aromatic N) is 4. The zero-order chi connectivity index (χ0) is 21.8. The maximum Gasteiger partial charge on any atom is 0.272 e. The van der Waals surface area contributed by atoms with Crippen LogP contribution in [0.3, 0.4) is 0 Å². The second kappa shape index (κ2) is 9.22. The van der Waals surface area contributed by atoms with E-state index in [4.69, 9.17) is 14.0 Å². The van der Waals surface area contributed by atoms with Crippen LogP contribution in [0.5, 0.6) is 5.88 Å². The number of aryl methyl sites for hydroxylation is 3. The van der Waals surface area contributed by atoms with Gasteiger partial charge < -0.3 is 19.3 Å². The quantitative estimate of drug-likeness (QED) is 0.644. The van der Waals surface area contributed by atoms with E-state index in [1.165, 1.54) is 0 Å². The summed E-state index contributed by atoms with van der Waals surface area (Å²) in [4.78, 5) is 16.8. The third kappa shape index (κ3) is 4.88. The molecule has 1 saturated heterocycles. The van der Waals surface area contributed by atoms with Gasteiger partial charge in [0.2, 0.25) is 5.88 Å². The minimum Gasteiger partial charge on any atom is -0.471 e. The summed E-state index contributed by atoms with van der Waals surface area (Å²) >= 11 is 0. The molecule has 3 aromatic heterocycles. The number of carbonyl (C=O) groups excluding carboxylic acids is 1. The number of pyridine rings is 1. The van der Waals surface area contributed by atoms with Gasteiger partial charge in [0.25, 0.3) is 5.91 Å². The van der Waals surface area contributed by atoms with E-state index >= 15 is 0 Å². The fraction of sp³-hybridized carbons (Fsp3) is 0.409. The van der Waals surface area contributed by atoms with Crippen LogP contribution >= 0.6 is 0 Å². The normalized spacial score (nSPS) is 14.4. The van der Waals surface area contributed by atoms with Crippen molar-refractivity contribution in [1.29, 1.82) is 0 Å². The molecule has 0 saturated carbocycles. The van der Waals surface area contributed by atoms with E-state index in [1.807, 2.05) is 32.9 Å². The molecular weight excluding hydrogens is 398 g/mol. The second-order valence-electron chi connectivity index (χ2n) is 7.62. The Morgan fingerprint density at radius 2 is 2.00 bits per heavy atom. The Balaban J connectivity index is 1.44. The van der Waals surface area contributed by atoms with Gasteiger partial charge in [-0.2, -0.15) is 0 Å². The van der Waals surface area contributed by atoms with E-state index in [-0.39, 0.29) is 24.2 Å². The topological polar surface area (TPSA) is 112 Å². The van der Waals surface area contributed by atoms with Gasteiger partial charge in [-0.15, -0.1) is 10.2 Å². The van der Waals surface area contributed by atoms with Crippen molar-refractivity contribution in [3.05, 3.63) is 52.7 Å². The predicted octanol–water partition coefficient (Wildman–Crippen LogP) is 2.94. The van der Waals surface area contributed by atoms with Gasteiger partial charge in [0.1, 0.15) is 18.1 Å². The van der Waals surface area contributed by atoms with Crippen molar-refractivity contribution in [2.45, 2.75) is 46.3 Å². The van der Waals surface area contributed by atoms with Crippen molar-refractivity contribution in [3.63, 3.8) is 0 Å². The maximum atomic E-state index is 12.5. The van der Waals surface area contributed by atoms with E-state index in [0.29, 0.717) is 30.5 Å². The fourth-order valence-corrected chi connectivity index (χ4v) is 3.37. The summed E-state index contributed by atoms with van der Waals surface area (Å²) in [5, 5.41) is 15.3. The van der Waals surface area contributed by atoms with E-state index < -0.39 is 0 Å². The van der Waals surface area contributed by atoms with Gasteiger partial charge in [0, 0.05) is 42.3 Å². The molecule has 1 fully saturated rings. The van der Waals surface area contributed by atoms with Gasteiger partial charge in [0.15, 0.2) is 5.69 Å². The van der Waals surface area contributed by atoms with E-state index in [9.17, 15) is 4.79 Å². The monoisotopic (exact) mass is 423 g/mol. The number of hydrogen-bond acceptors (Lipinski definition) is 8. The molecule has 0 spiro atoms. The molecule has 0 unspecified atom stereocenters. The van der Waals surface area contributed by atoms with Crippen molar-refractivity contribution in [2.75, 3.05) is 13.2 Å². The Morgan fingerprint density at radius 1 is 1.19 bits per heavy atom. The molecule has 3 aromatic rings. The lowest BCUT2D eigenvalue weighted by molar-refractivity contribution is 0.0693. The highest BCUT2D eigenvalue weighted by molar-refractivity contribution is 5.92. The van der Waals surface area contributed by atoms with Gasteiger partial charge in [-0.1, -0.05) is 5.16 Å². The van der Waals surface area contributed by atoms with Crippen LogP contribution in [0.25, 0.3) is 11.3 Å². The predicted molar refractivity (Wildman–Crippen MR) is 112 cm³/mol. The fourth-order valence-electron chi connectivity index (χ4n) is 3.37. The molecule has 1 aliphatic heterocycles. The summed E-state index contributed by atoms with van der Waals surface area (Å²) in [6.07, 6.45) is 3.36. The summed E-state index contributed by atoms with van der Waals surface area (Å²) in [5.41, 5.74) is 4.26. The summed E-state index contributed by atoms with van der Waals surface area (Å²) in [7, 11) is 0. The second-order valence-corrected chi connectivity index (χ2v) is 7.62. The average molecular weight is 423 g/mol. The molecule has 4 rings (SSSR count). The van der Waals surface area contributed by atoms with Crippen molar-refractivity contribution in [3.8, 4) is 17.1 Å². The molecule has 162 valence electrons. The molecule has 1 N–H and O–H groups in total. The lowest BCUT2D eigenvalue weighted by Gasteiger charge is -2.22. The molecule has 0 atom stereocenters. The number of ether oxygens (including phenoxy) is 2. The van der Waals surface area contributed by atoms with Crippen LogP contribution in [0.15, 0.2) is 28.9 Å². The zero-order valence-electron chi connectivity index (χ0n) is 17.8. The molecule has 0 aliphatic carbocycles. The first-order chi connectivity index (χ1) is 15.0. The minimum absolute atomic E-state index is 0.102. The average Bonchev–Trinajstić information content (AvgIpc) is 3.14. The molecule has 31 heavy (non-hydrogen) atoms. The molecule has 0 aromatic carbocycles. The van der Waals surface area contributed by atoms with Crippen molar-refractivity contribution in [1.82, 2.24) is 25.7 Å². The number of nitrogens with one attached hydrogen (secondary N) is 1. The Bertz CT molecular complexity index is 1060. The van der Waals surface area contributed by atoms with Gasteiger partial charge in [-0.05, 0) is 51.8 Å². The summed E-state index contributed by atoms with van der Waals surface area (Å²) in [6.45, 7) is 7.12. The van der Waals surface area contributed by atoms with Crippen LogP contribution in [-0.4, -0.2) is 45.5 Å². The van der Waals surface area contributed by atoms with Crippen molar-refractivity contribution >= 4 is 5.91 Å². The summed E-state index contributed by atoms with van der Waals surface area (Å²) in [6, 6.07) is 5.65. The lowest BCUT2D eigenvalue weighted by Crippen LogP contribution is -2.39. The highest BCUT2D eigenvalue weighted by Gasteiger charge is 2.20. The number of hydrogen-bond donors (Lipinski definition) is 1. The van der Waals surface area contributed by atoms with E-state index in [0.717, 1.165) is 35.2 Å². The third-order valence-corrected chi connectivity index (χ3v) is 5.25. The number of rotatable bonds is 6. The van der Waals surface area contributed by atoms with E-state index in [2.05, 4.69) is 25.7 Å².